The second kappa shape index (κ2) is 5.52. The van der Waals surface area contributed by atoms with E-state index in [1.54, 1.807) is 44.6 Å². The quantitative estimate of drug-likeness (QED) is 0.813. The summed E-state index contributed by atoms with van der Waals surface area (Å²) in [6.07, 6.45) is 0. The maximum atomic E-state index is 12.2. The molecular formula is C17H15NO4. The third kappa shape index (κ3) is 2.20. The van der Waals surface area contributed by atoms with Gasteiger partial charge in [0.15, 0.2) is 11.5 Å². The average Bonchev–Trinajstić information content (AvgIpc) is 2.80. The number of methoxy groups -OCH3 is 2. The van der Waals surface area contributed by atoms with Gasteiger partial charge in [-0.3, -0.25) is 9.59 Å². The summed E-state index contributed by atoms with van der Waals surface area (Å²) in [6.45, 7) is 0.307. The number of hydrogen-bond acceptors (Lipinski definition) is 4. The fraction of sp³-hybridized carbons (Fsp3) is 0.176. The van der Waals surface area contributed by atoms with Crippen molar-refractivity contribution < 1.29 is 19.1 Å². The van der Waals surface area contributed by atoms with Gasteiger partial charge in [0.1, 0.15) is 0 Å². The van der Waals surface area contributed by atoms with E-state index in [-0.39, 0.29) is 0 Å². The van der Waals surface area contributed by atoms with E-state index < -0.39 is 11.7 Å². The molecular weight excluding hydrogens is 282 g/mol. The maximum absolute atomic E-state index is 12.2. The summed E-state index contributed by atoms with van der Waals surface area (Å²) in [5.74, 6) is 0.244. The number of para-hydroxylation sites is 1. The minimum Gasteiger partial charge on any atom is -0.493 e. The Morgan fingerprint density at radius 2 is 1.68 bits per heavy atom. The van der Waals surface area contributed by atoms with Crippen LogP contribution in [0.25, 0.3) is 0 Å². The fourth-order valence-corrected chi connectivity index (χ4v) is 2.57. The second-order valence-corrected chi connectivity index (χ2v) is 4.93. The van der Waals surface area contributed by atoms with Crippen LogP contribution in [0.3, 0.4) is 0 Å². The zero-order chi connectivity index (χ0) is 15.7. The molecule has 22 heavy (non-hydrogen) atoms. The molecule has 0 fully saturated rings. The summed E-state index contributed by atoms with van der Waals surface area (Å²) >= 11 is 0. The Hall–Kier alpha value is -2.82. The molecule has 3 rings (SSSR count). The van der Waals surface area contributed by atoms with Crippen LogP contribution >= 0.6 is 0 Å². The molecule has 1 aliphatic rings. The van der Waals surface area contributed by atoms with Gasteiger partial charge in [-0.25, -0.2) is 0 Å². The number of ether oxygens (including phenoxy) is 2. The van der Waals surface area contributed by atoms with Crippen LogP contribution in [-0.2, 0) is 11.3 Å². The third-order valence-electron chi connectivity index (χ3n) is 3.67. The van der Waals surface area contributed by atoms with E-state index in [2.05, 4.69) is 0 Å². The van der Waals surface area contributed by atoms with Crippen LogP contribution in [0.15, 0.2) is 42.5 Å². The summed E-state index contributed by atoms with van der Waals surface area (Å²) in [5.41, 5.74) is 1.95. The van der Waals surface area contributed by atoms with Crippen molar-refractivity contribution in [3.05, 3.63) is 53.6 Å². The summed E-state index contributed by atoms with van der Waals surface area (Å²) in [5, 5.41) is 0. The zero-order valence-electron chi connectivity index (χ0n) is 12.3. The predicted octanol–water partition coefficient (Wildman–Crippen LogP) is 2.43. The lowest BCUT2D eigenvalue weighted by atomic mass is 10.1. The Morgan fingerprint density at radius 3 is 2.41 bits per heavy atom. The number of amides is 1. The molecule has 0 aliphatic carbocycles. The minimum absolute atomic E-state index is 0.307. The van der Waals surface area contributed by atoms with E-state index in [4.69, 9.17) is 9.47 Å². The van der Waals surface area contributed by atoms with Crippen molar-refractivity contribution >= 4 is 17.4 Å². The van der Waals surface area contributed by atoms with Crippen molar-refractivity contribution in [2.75, 3.05) is 19.1 Å². The summed E-state index contributed by atoms with van der Waals surface area (Å²) in [6, 6.07) is 12.4. The number of anilines is 1. The monoisotopic (exact) mass is 297 g/mol. The van der Waals surface area contributed by atoms with E-state index in [1.165, 1.54) is 4.90 Å². The zero-order valence-corrected chi connectivity index (χ0v) is 12.3. The molecule has 2 aromatic carbocycles. The van der Waals surface area contributed by atoms with Crippen LogP contribution in [0.1, 0.15) is 15.9 Å². The van der Waals surface area contributed by atoms with Gasteiger partial charge in [-0.05, 0) is 29.8 Å². The lowest BCUT2D eigenvalue weighted by Crippen LogP contribution is -2.29. The fourth-order valence-electron chi connectivity index (χ4n) is 2.57. The van der Waals surface area contributed by atoms with E-state index in [9.17, 15) is 9.59 Å². The van der Waals surface area contributed by atoms with Crippen LogP contribution in [0.5, 0.6) is 11.5 Å². The molecule has 0 spiro atoms. The number of rotatable bonds is 4. The Labute approximate surface area is 128 Å². The van der Waals surface area contributed by atoms with E-state index in [0.717, 1.165) is 5.56 Å². The lowest BCUT2D eigenvalue weighted by molar-refractivity contribution is -0.114. The normalized spacial score (nSPS) is 13.3. The molecule has 0 saturated carbocycles. The van der Waals surface area contributed by atoms with Gasteiger partial charge in [-0.2, -0.15) is 0 Å². The summed E-state index contributed by atoms with van der Waals surface area (Å²) in [4.78, 5) is 25.6. The highest BCUT2D eigenvalue weighted by atomic mass is 16.5. The Balaban J connectivity index is 1.94. The molecule has 5 heteroatoms. The minimum atomic E-state index is -0.504. The van der Waals surface area contributed by atoms with Gasteiger partial charge in [0.2, 0.25) is 0 Å². The van der Waals surface area contributed by atoms with Gasteiger partial charge in [0, 0.05) is 0 Å². The number of hydrogen-bond donors (Lipinski definition) is 0. The molecule has 2 aromatic rings. The highest BCUT2D eigenvalue weighted by molar-refractivity contribution is 6.52. The first-order valence-electron chi connectivity index (χ1n) is 6.82. The molecule has 0 bridgehead atoms. The van der Waals surface area contributed by atoms with Crippen molar-refractivity contribution in [1.82, 2.24) is 0 Å². The molecule has 0 atom stereocenters. The molecule has 5 nitrogen and oxygen atoms in total. The largest absolute Gasteiger partial charge is 0.493 e. The van der Waals surface area contributed by atoms with Gasteiger partial charge in [0.05, 0.1) is 32.0 Å². The Bertz CT molecular complexity index is 754. The number of Topliss-reactive ketones (excluding diaryl/α,β-unsaturated/α-hetero) is 1. The highest BCUT2D eigenvalue weighted by Gasteiger charge is 2.35. The standard InChI is InChI=1S/C17H15NO4/c1-21-14-8-7-11(9-15(14)22-2)10-18-13-6-4-3-5-12(13)16(19)17(18)20/h3-9H,10H2,1-2H3. The first kappa shape index (κ1) is 14.1. The third-order valence-corrected chi connectivity index (χ3v) is 3.67. The van der Waals surface area contributed by atoms with Crippen molar-refractivity contribution in [2.45, 2.75) is 6.54 Å². The van der Waals surface area contributed by atoms with E-state index in [1.807, 2.05) is 12.1 Å². The molecule has 112 valence electrons. The maximum Gasteiger partial charge on any atom is 0.299 e. The summed E-state index contributed by atoms with van der Waals surface area (Å²) in [7, 11) is 3.12. The predicted molar refractivity (Wildman–Crippen MR) is 81.5 cm³/mol. The van der Waals surface area contributed by atoms with Gasteiger partial charge in [-0.1, -0.05) is 18.2 Å². The highest BCUT2D eigenvalue weighted by Crippen LogP contribution is 2.32. The van der Waals surface area contributed by atoms with Crippen molar-refractivity contribution in [2.24, 2.45) is 0 Å². The first-order chi connectivity index (χ1) is 10.7. The van der Waals surface area contributed by atoms with Crippen LogP contribution in [0.4, 0.5) is 5.69 Å². The lowest BCUT2D eigenvalue weighted by Gasteiger charge is -2.17. The van der Waals surface area contributed by atoms with Gasteiger partial charge in [-0.15, -0.1) is 0 Å². The first-order valence-corrected chi connectivity index (χ1v) is 6.82. The van der Waals surface area contributed by atoms with Crippen molar-refractivity contribution in [3.63, 3.8) is 0 Å². The van der Waals surface area contributed by atoms with Crippen LogP contribution < -0.4 is 14.4 Å². The van der Waals surface area contributed by atoms with Crippen LogP contribution in [-0.4, -0.2) is 25.9 Å². The van der Waals surface area contributed by atoms with Crippen molar-refractivity contribution in [1.29, 1.82) is 0 Å². The number of ketones is 1. The topological polar surface area (TPSA) is 55.8 Å². The summed E-state index contributed by atoms with van der Waals surface area (Å²) < 4.78 is 10.5. The van der Waals surface area contributed by atoms with Gasteiger partial charge >= 0.3 is 0 Å². The number of carbonyl (C=O) groups excluding carboxylic acids is 2. The molecule has 1 heterocycles. The smallest absolute Gasteiger partial charge is 0.299 e. The number of fused-ring (bicyclic) bond motifs is 1. The average molecular weight is 297 g/mol. The number of benzene rings is 2. The molecule has 1 aliphatic heterocycles. The molecule has 0 saturated heterocycles. The molecule has 0 N–H and O–H groups in total. The van der Waals surface area contributed by atoms with Gasteiger partial charge < -0.3 is 14.4 Å². The Morgan fingerprint density at radius 1 is 0.955 bits per heavy atom. The van der Waals surface area contributed by atoms with Gasteiger partial charge in [0.25, 0.3) is 11.7 Å². The van der Waals surface area contributed by atoms with E-state index >= 15 is 0 Å². The number of carbonyl (C=O) groups is 2. The molecule has 0 radical (unpaired) electrons. The van der Waals surface area contributed by atoms with Crippen LogP contribution in [0, 0.1) is 0 Å². The molecule has 0 unspecified atom stereocenters. The van der Waals surface area contributed by atoms with E-state index in [0.29, 0.717) is 29.3 Å². The molecule has 0 aromatic heterocycles. The van der Waals surface area contributed by atoms with Crippen molar-refractivity contribution in [3.8, 4) is 11.5 Å². The van der Waals surface area contributed by atoms with Crippen LogP contribution in [0.2, 0.25) is 0 Å². The number of nitrogens with zero attached hydrogens (tertiary/aromatic N) is 1. The Kier molecular flexibility index (Phi) is 3.55. The SMILES string of the molecule is COc1ccc(CN2C(=O)C(=O)c3ccccc32)cc1OC. The second-order valence-electron chi connectivity index (χ2n) is 4.93. The molecule has 1 amide bonds.